The van der Waals surface area contributed by atoms with Crippen LogP contribution in [0.5, 0.6) is 0 Å². The Morgan fingerprint density at radius 2 is 1.92 bits per heavy atom. The van der Waals surface area contributed by atoms with Gasteiger partial charge in [-0.15, -0.1) is 0 Å². The Morgan fingerprint density at radius 3 is 2.50 bits per heavy atom. The Balaban J connectivity index is 2.05. The predicted molar refractivity (Wildman–Crippen MR) is 57.9 cm³/mol. The van der Waals surface area contributed by atoms with Gasteiger partial charge in [-0.05, 0) is 50.6 Å². The lowest BCUT2D eigenvalue weighted by molar-refractivity contribution is 0.218. The molecule has 1 nitrogen and oxygen atoms in total. The van der Waals surface area contributed by atoms with E-state index in [1.54, 1.807) is 0 Å². The fourth-order valence-corrected chi connectivity index (χ4v) is 1.86. The molecule has 1 aliphatic heterocycles. The highest BCUT2D eigenvalue weighted by Gasteiger charge is 2.10. The second kappa shape index (κ2) is 5.87. The van der Waals surface area contributed by atoms with Crippen LogP contribution in [0.15, 0.2) is 0 Å². The SMILES string of the molecule is CC(CS)CCN1CCCCC1. The number of rotatable bonds is 4. The maximum Gasteiger partial charge on any atom is -0.00159 e. The quantitative estimate of drug-likeness (QED) is 0.662. The molecule has 1 saturated heterocycles. The summed E-state index contributed by atoms with van der Waals surface area (Å²) in [6, 6.07) is 0. The molecule has 0 saturated carbocycles. The third-order valence-corrected chi connectivity index (χ3v) is 3.32. The van der Waals surface area contributed by atoms with Crippen LogP contribution in [0.2, 0.25) is 0 Å². The minimum absolute atomic E-state index is 0.787. The molecule has 72 valence electrons. The Hall–Kier alpha value is 0.310. The molecule has 0 aromatic heterocycles. The van der Waals surface area contributed by atoms with Gasteiger partial charge < -0.3 is 4.90 Å². The highest BCUT2D eigenvalue weighted by Crippen LogP contribution is 2.11. The van der Waals surface area contributed by atoms with Crippen molar-refractivity contribution in [2.75, 3.05) is 25.4 Å². The fraction of sp³-hybridized carbons (Fsp3) is 1.00. The van der Waals surface area contributed by atoms with E-state index in [0.29, 0.717) is 0 Å². The molecule has 0 aromatic carbocycles. The lowest BCUT2D eigenvalue weighted by atomic mass is 10.1. The standard InChI is InChI=1S/C10H21NS/c1-10(9-12)5-8-11-6-3-2-4-7-11/h10,12H,2-9H2,1H3. The molecule has 1 rings (SSSR count). The highest BCUT2D eigenvalue weighted by molar-refractivity contribution is 7.80. The number of hydrogen-bond acceptors (Lipinski definition) is 2. The summed E-state index contributed by atoms with van der Waals surface area (Å²) in [5.74, 6) is 1.82. The summed E-state index contributed by atoms with van der Waals surface area (Å²) in [4.78, 5) is 2.60. The second-order valence-corrected chi connectivity index (χ2v) is 4.34. The van der Waals surface area contributed by atoms with Crippen LogP contribution in [0, 0.1) is 5.92 Å². The Labute approximate surface area is 81.9 Å². The molecular formula is C10H21NS. The molecule has 0 spiro atoms. The molecule has 0 radical (unpaired) electrons. The molecule has 12 heavy (non-hydrogen) atoms. The van der Waals surface area contributed by atoms with Crippen LogP contribution in [0.25, 0.3) is 0 Å². The van der Waals surface area contributed by atoms with E-state index in [0.717, 1.165) is 11.7 Å². The van der Waals surface area contributed by atoms with Crippen LogP contribution < -0.4 is 0 Å². The largest absolute Gasteiger partial charge is 0.303 e. The van der Waals surface area contributed by atoms with Crippen LogP contribution in [0.4, 0.5) is 0 Å². The van der Waals surface area contributed by atoms with Crippen LogP contribution in [-0.4, -0.2) is 30.3 Å². The van der Waals surface area contributed by atoms with E-state index in [9.17, 15) is 0 Å². The van der Waals surface area contributed by atoms with Gasteiger partial charge >= 0.3 is 0 Å². The summed E-state index contributed by atoms with van der Waals surface area (Å²) >= 11 is 4.29. The first-order valence-electron chi connectivity index (χ1n) is 5.16. The number of thiol groups is 1. The fourth-order valence-electron chi connectivity index (χ4n) is 1.68. The average molecular weight is 187 g/mol. The van der Waals surface area contributed by atoms with Crippen LogP contribution in [0.1, 0.15) is 32.6 Å². The number of nitrogens with zero attached hydrogens (tertiary/aromatic N) is 1. The molecular weight excluding hydrogens is 166 g/mol. The maximum atomic E-state index is 4.29. The van der Waals surface area contributed by atoms with E-state index in [1.165, 1.54) is 45.3 Å². The monoisotopic (exact) mass is 187 g/mol. The normalized spacial score (nSPS) is 22.5. The van der Waals surface area contributed by atoms with Crippen LogP contribution in [-0.2, 0) is 0 Å². The third kappa shape index (κ3) is 3.81. The topological polar surface area (TPSA) is 3.24 Å². The van der Waals surface area contributed by atoms with Gasteiger partial charge in [-0.1, -0.05) is 13.3 Å². The Morgan fingerprint density at radius 1 is 1.25 bits per heavy atom. The van der Waals surface area contributed by atoms with Crippen molar-refractivity contribution in [3.05, 3.63) is 0 Å². The van der Waals surface area contributed by atoms with Crippen molar-refractivity contribution in [3.8, 4) is 0 Å². The lowest BCUT2D eigenvalue weighted by Gasteiger charge is -2.27. The highest BCUT2D eigenvalue weighted by atomic mass is 32.1. The maximum absolute atomic E-state index is 4.29. The van der Waals surface area contributed by atoms with Crippen molar-refractivity contribution in [1.82, 2.24) is 4.90 Å². The van der Waals surface area contributed by atoms with Gasteiger partial charge in [0, 0.05) is 0 Å². The molecule has 1 atom stereocenters. The summed E-state index contributed by atoms with van der Waals surface area (Å²) in [5, 5.41) is 0. The van der Waals surface area contributed by atoms with Crippen LogP contribution in [0.3, 0.4) is 0 Å². The van der Waals surface area contributed by atoms with Gasteiger partial charge in [0.2, 0.25) is 0 Å². The molecule has 0 amide bonds. The summed E-state index contributed by atoms with van der Waals surface area (Å²) in [6.45, 7) is 6.25. The van der Waals surface area contributed by atoms with Crippen molar-refractivity contribution >= 4 is 12.6 Å². The summed E-state index contributed by atoms with van der Waals surface area (Å²) in [6.07, 6.45) is 5.59. The number of hydrogen-bond donors (Lipinski definition) is 1. The molecule has 0 bridgehead atoms. The first-order valence-corrected chi connectivity index (χ1v) is 5.79. The van der Waals surface area contributed by atoms with Crippen molar-refractivity contribution < 1.29 is 0 Å². The van der Waals surface area contributed by atoms with Gasteiger partial charge in [-0.3, -0.25) is 0 Å². The molecule has 1 aliphatic rings. The molecule has 0 N–H and O–H groups in total. The lowest BCUT2D eigenvalue weighted by Crippen LogP contribution is -2.31. The zero-order valence-electron chi connectivity index (χ0n) is 8.13. The summed E-state index contributed by atoms with van der Waals surface area (Å²) in [5.41, 5.74) is 0. The van der Waals surface area contributed by atoms with Crippen molar-refractivity contribution in [1.29, 1.82) is 0 Å². The summed E-state index contributed by atoms with van der Waals surface area (Å²) in [7, 11) is 0. The van der Waals surface area contributed by atoms with Gasteiger partial charge in [0.05, 0.1) is 0 Å². The second-order valence-electron chi connectivity index (χ2n) is 3.98. The first-order chi connectivity index (χ1) is 5.83. The van der Waals surface area contributed by atoms with Crippen molar-refractivity contribution in [2.24, 2.45) is 5.92 Å². The predicted octanol–water partition coefficient (Wildman–Crippen LogP) is 2.43. The van der Waals surface area contributed by atoms with E-state index in [1.807, 2.05) is 0 Å². The number of piperidine rings is 1. The smallest absolute Gasteiger partial charge is 0.00159 e. The van der Waals surface area contributed by atoms with Crippen molar-refractivity contribution in [3.63, 3.8) is 0 Å². The van der Waals surface area contributed by atoms with E-state index in [2.05, 4.69) is 24.5 Å². The van der Waals surface area contributed by atoms with Gasteiger partial charge in [-0.2, -0.15) is 12.6 Å². The molecule has 0 aliphatic carbocycles. The van der Waals surface area contributed by atoms with E-state index in [-0.39, 0.29) is 0 Å². The van der Waals surface area contributed by atoms with Gasteiger partial charge in [0.25, 0.3) is 0 Å². The minimum Gasteiger partial charge on any atom is -0.303 e. The summed E-state index contributed by atoms with van der Waals surface area (Å²) < 4.78 is 0. The Kier molecular flexibility index (Phi) is 5.08. The molecule has 2 heteroatoms. The zero-order chi connectivity index (χ0) is 8.81. The van der Waals surface area contributed by atoms with Gasteiger partial charge in [0.1, 0.15) is 0 Å². The Bertz CT molecular complexity index is 110. The number of likely N-dealkylation sites (tertiary alicyclic amines) is 1. The minimum atomic E-state index is 0.787. The van der Waals surface area contributed by atoms with Crippen LogP contribution >= 0.6 is 12.6 Å². The van der Waals surface area contributed by atoms with E-state index >= 15 is 0 Å². The molecule has 1 heterocycles. The zero-order valence-corrected chi connectivity index (χ0v) is 9.02. The third-order valence-electron chi connectivity index (χ3n) is 2.70. The molecule has 1 unspecified atom stereocenters. The molecule has 1 fully saturated rings. The van der Waals surface area contributed by atoms with Crippen molar-refractivity contribution in [2.45, 2.75) is 32.6 Å². The van der Waals surface area contributed by atoms with Gasteiger partial charge in [-0.25, -0.2) is 0 Å². The molecule has 0 aromatic rings. The van der Waals surface area contributed by atoms with E-state index < -0.39 is 0 Å². The van der Waals surface area contributed by atoms with E-state index in [4.69, 9.17) is 0 Å². The first kappa shape index (κ1) is 10.4. The average Bonchev–Trinajstić information content (AvgIpc) is 2.16. The van der Waals surface area contributed by atoms with Gasteiger partial charge in [0.15, 0.2) is 0 Å².